The highest BCUT2D eigenvalue weighted by molar-refractivity contribution is 7.62. The van der Waals surface area contributed by atoms with E-state index in [0.29, 0.717) is 0 Å². The van der Waals surface area contributed by atoms with Gasteiger partial charge in [-0.3, -0.25) is 4.57 Å². The van der Waals surface area contributed by atoms with Crippen molar-refractivity contribution in [2.45, 2.75) is 13.2 Å². The molecule has 0 radical (unpaired) electrons. The molecule has 0 atom stereocenters. The van der Waals surface area contributed by atoms with E-state index in [1.54, 1.807) is 0 Å². The monoisotopic (exact) mass is 454 g/mol. The van der Waals surface area contributed by atoms with E-state index in [-0.39, 0.29) is 29.6 Å². The largest absolute Gasteiger partial charge is 0.465 e. The van der Waals surface area contributed by atoms with Crippen LogP contribution >= 0.6 is 7.60 Å². The van der Waals surface area contributed by atoms with Crippen molar-refractivity contribution in [3.8, 4) is 0 Å². The first-order valence-electron chi connectivity index (χ1n) is 9.74. The molecule has 3 aromatic rings. The van der Waals surface area contributed by atoms with Crippen molar-refractivity contribution >= 4 is 24.8 Å². The predicted octanol–water partition coefficient (Wildman–Crippen LogP) is 4.51. The van der Waals surface area contributed by atoms with Crippen LogP contribution in [0.2, 0.25) is 0 Å². The Morgan fingerprint density at radius 3 is 1.47 bits per heavy atom. The average Bonchev–Trinajstić information content (AvgIpc) is 2.86. The van der Waals surface area contributed by atoms with Gasteiger partial charge in [-0.25, -0.2) is 9.59 Å². The number of ether oxygens (including phenoxy) is 2. The van der Waals surface area contributed by atoms with Crippen LogP contribution in [0.4, 0.5) is 0 Å². The SMILES string of the molecule is COC(=O)c1cc(C(=O)OC)cc(P(=O)(OCc2ccccc2)OCc2ccccc2)c1. The summed E-state index contributed by atoms with van der Waals surface area (Å²) in [6.07, 6.45) is 0. The number of esters is 2. The molecule has 0 saturated carbocycles. The Morgan fingerprint density at radius 2 is 1.09 bits per heavy atom. The molecule has 0 aliphatic heterocycles. The third-order valence-corrected chi connectivity index (χ3v) is 6.39. The fraction of sp³-hybridized carbons (Fsp3) is 0.167. The molecule has 3 rings (SSSR count). The van der Waals surface area contributed by atoms with Crippen LogP contribution in [-0.2, 0) is 36.3 Å². The summed E-state index contributed by atoms with van der Waals surface area (Å²) in [6.45, 7) is 0.00579. The van der Waals surface area contributed by atoms with Crippen LogP contribution in [0.5, 0.6) is 0 Å². The molecule has 0 aromatic heterocycles. The summed E-state index contributed by atoms with van der Waals surface area (Å²) in [5, 5.41) is 0.0488. The van der Waals surface area contributed by atoms with Gasteiger partial charge >= 0.3 is 19.5 Å². The lowest BCUT2D eigenvalue weighted by Crippen LogP contribution is -2.17. The minimum Gasteiger partial charge on any atom is -0.465 e. The summed E-state index contributed by atoms with van der Waals surface area (Å²) in [4.78, 5) is 24.3. The van der Waals surface area contributed by atoms with Crippen molar-refractivity contribution in [1.29, 1.82) is 0 Å². The summed E-state index contributed by atoms with van der Waals surface area (Å²) in [5.74, 6) is -1.40. The Labute approximate surface area is 186 Å². The van der Waals surface area contributed by atoms with Gasteiger partial charge in [0, 0.05) is 0 Å². The normalized spacial score (nSPS) is 11.1. The van der Waals surface area contributed by atoms with Gasteiger partial charge < -0.3 is 18.5 Å². The van der Waals surface area contributed by atoms with Gasteiger partial charge in [0.25, 0.3) is 0 Å². The lowest BCUT2D eigenvalue weighted by atomic mass is 10.1. The number of carbonyl (C=O) groups excluding carboxylic acids is 2. The topological polar surface area (TPSA) is 88.1 Å². The van der Waals surface area contributed by atoms with Crippen molar-refractivity contribution in [3.63, 3.8) is 0 Å². The number of methoxy groups -OCH3 is 2. The molecule has 0 spiro atoms. The van der Waals surface area contributed by atoms with Gasteiger partial charge in [-0.15, -0.1) is 0 Å². The maximum Gasteiger partial charge on any atom is 0.362 e. The van der Waals surface area contributed by atoms with Crippen LogP contribution in [0.25, 0.3) is 0 Å². The first-order valence-corrected chi connectivity index (χ1v) is 11.3. The van der Waals surface area contributed by atoms with Crippen molar-refractivity contribution in [2.75, 3.05) is 14.2 Å². The molecule has 0 unspecified atom stereocenters. The van der Waals surface area contributed by atoms with E-state index in [0.717, 1.165) is 11.1 Å². The van der Waals surface area contributed by atoms with Gasteiger partial charge in [-0.2, -0.15) is 0 Å². The molecular formula is C24H23O7P. The lowest BCUT2D eigenvalue weighted by Gasteiger charge is -2.20. The van der Waals surface area contributed by atoms with Crippen molar-refractivity contribution in [2.24, 2.45) is 0 Å². The van der Waals surface area contributed by atoms with E-state index in [1.165, 1.54) is 32.4 Å². The van der Waals surface area contributed by atoms with E-state index in [1.807, 2.05) is 60.7 Å². The van der Waals surface area contributed by atoms with Crippen molar-refractivity contribution in [3.05, 3.63) is 101 Å². The third-order valence-electron chi connectivity index (χ3n) is 4.56. The number of hydrogen-bond acceptors (Lipinski definition) is 7. The summed E-state index contributed by atoms with van der Waals surface area (Å²) in [6, 6.07) is 22.3. The average molecular weight is 454 g/mol. The molecular weight excluding hydrogens is 431 g/mol. The first kappa shape index (κ1) is 23.4. The summed E-state index contributed by atoms with van der Waals surface area (Å²) in [7, 11) is -1.55. The van der Waals surface area contributed by atoms with E-state index in [4.69, 9.17) is 18.5 Å². The second-order valence-corrected chi connectivity index (χ2v) is 8.79. The molecule has 0 bridgehead atoms. The van der Waals surface area contributed by atoms with Gasteiger partial charge in [-0.1, -0.05) is 60.7 Å². The molecule has 0 aliphatic carbocycles. The quantitative estimate of drug-likeness (QED) is 0.347. The minimum atomic E-state index is -3.97. The summed E-state index contributed by atoms with van der Waals surface area (Å²) >= 11 is 0. The predicted molar refractivity (Wildman–Crippen MR) is 119 cm³/mol. The van der Waals surface area contributed by atoms with Crippen LogP contribution in [-0.4, -0.2) is 26.2 Å². The van der Waals surface area contributed by atoms with Gasteiger partial charge in [0.1, 0.15) is 0 Å². The zero-order chi connectivity index (χ0) is 23.0. The smallest absolute Gasteiger partial charge is 0.362 e. The fourth-order valence-corrected chi connectivity index (χ4v) is 4.50. The molecule has 32 heavy (non-hydrogen) atoms. The van der Waals surface area contributed by atoms with E-state index >= 15 is 0 Å². The number of rotatable bonds is 9. The highest BCUT2D eigenvalue weighted by atomic mass is 31.2. The zero-order valence-electron chi connectivity index (χ0n) is 17.7. The maximum absolute atomic E-state index is 13.9. The van der Waals surface area contributed by atoms with Gasteiger partial charge in [0.2, 0.25) is 0 Å². The Morgan fingerprint density at radius 1 is 0.688 bits per heavy atom. The Balaban J connectivity index is 2.01. The number of carbonyl (C=O) groups is 2. The molecule has 8 heteroatoms. The number of hydrogen-bond donors (Lipinski definition) is 0. The molecule has 0 aliphatic rings. The number of benzene rings is 3. The fourth-order valence-electron chi connectivity index (χ4n) is 2.89. The molecule has 0 N–H and O–H groups in total. The Hall–Kier alpha value is -3.25. The van der Waals surface area contributed by atoms with E-state index in [2.05, 4.69) is 0 Å². The Kier molecular flexibility index (Phi) is 7.95. The molecule has 166 valence electrons. The standard InChI is InChI=1S/C24H23O7P/c1-28-23(25)20-13-21(24(26)29-2)15-22(14-20)32(27,30-16-18-9-5-3-6-10-18)31-17-19-11-7-4-8-12-19/h3-15H,16-17H2,1-2H3. The zero-order valence-corrected chi connectivity index (χ0v) is 18.6. The molecule has 7 nitrogen and oxygen atoms in total. The Bertz CT molecular complexity index is 1030. The van der Waals surface area contributed by atoms with Gasteiger partial charge in [0.05, 0.1) is 43.9 Å². The van der Waals surface area contributed by atoms with Crippen molar-refractivity contribution < 1.29 is 32.7 Å². The molecule has 3 aromatic carbocycles. The van der Waals surface area contributed by atoms with Crippen LogP contribution < -0.4 is 5.30 Å². The maximum atomic E-state index is 13.9. The lowest BCUT2D eigenvalue weighted by molar-refractivity contribution is 0.0599. The minimum absolute atomic E-state index is 0.00289. The highest BCUT2D eigenvalue weighted by Gasteiger charge is 2.31. The van der Waals surface area contributed by atoms with Crippen LogP contribution in [0, 0.1) is 0 Å². The van der Waals surface area contributed by atoms with E-state index < -0.39 is 19.5 Å². The van der Waals surface area contributed by atoms with Crippen LogP contribution in [0.1, 0.15) is 31.8 Å². The molecule has 0 heterocycles. The summed E-state index contributed by atoms with van der Waals surface area (Å²) in [5.41, 5.74) is 1.62. The molecule has 0 saturated heterocycles. The van der Waals surface area contributed by atoms with Crippen LogP contribution in [0.15, 0.2) is 78.9 Å². The molecule has 0 amide bonds. The van der Waals surface area contributed by atoms with Crippen molar-refractivity contribution in [1.82, 2.24) is 0 Å². The van der Waals surface area contributed by atoms with Gasteiger partial charge in [0.15, 0.2) is 0 Å². The molecule has 0 fully saturated rings. The van der Waals surface area contributed by atoms with Crippen LogP contribution in [0.3, 0.4) is 0 Å². The summed E-state index contributed by atoms with van der Waals surface area (Å²) < 4.78 is 35.1. The van der Waals surface area contributed by atoms with E-state index in [9.17, 15) is 14.2 Å². The van der Waals surface area contributed by atoms with Gasteiger partial charge in [-0.05, 0) is 29.3 Å². The third kappa shape index (κ3) is 5.92. The highest BCUT2D eigenvalue weighted by Crippen LogP contribution is 2.49. The first-order chi connectivity index (χ1) is 15.4. The second-order valence-electron chi connectivity index (χ2n) is 6.77. The second kappa shape index (κ2) is 10.9.